The highest BCUT2D eigenvalue weighted by atomic mass is 19.4. The van der Waals surface area contributed by atoms with Gasteiger partial charge in [0.15, 0.2) is 0 Å². The molecule has 2 aliphatic rings. The van der Waals surface area contributed by atoms with Gasteiger partial charge in [0.1, 0.15) is 11.4 Å². The number of pyridine rings is 1. The van der Waals surface area contributed by atoms with Crippen molar-refractivity contribution in [2.24, 2.45) is 11.8 Å². The number of hydrogen-bond donors (Lipinski definition) is 1. The number of nitrogens with zero attached hydrogens (tertiary/aromatic N) is 3. The van der Waals surface area contributed by atoms with Crippen LogP contribution >= 0.6 is 0 Å². The number of halogens is 4. The van der Waals surface area contributed by atoms with E-state index in [-0.39, 0.29) is 35.6 Å². The molecule has 2 unspecified atom stereocenters. The fourth-order valence-corrected chi connectivity index (χ4v) is 4.60. The number of carbonyl (C=O) groups excluding carboxylic acids is 2. The van der Waals surface area contributed by atoms with E-state index in [1.54, 1.807) is 17.2 Å². The minimum atomic E-state index is -4.68. The zero-order valence-corrected chi connectivity index (χ0v) is 20.2. The number of fused-ring (bicyclic) bond motifs is 1. The van der Waals surface area contributed by atoms with Crippen molar-refractivity contribution in [3.63, 3.8) is 0 Å². The maximum atomic E-state index is 13.6. The fourth-order valence-electron chi connectivity index (χ4n) is 4.60. The molecule has 2 atom stereocenters. The molecule has 0 bridgehead atoms. The highest BCUT2D eigenvalue weighted by Gasteiger charge is 2.43. The summed E-state index contributed by atoms with van der Waals surface area (Å²) in [6.07, 6.45) is -1.99. The molecule has 0 saturated carbocycles. The average Bonchev–Trinajstić information content (AvgIpc) is 3.35. The summed E-state index contributed by atoms with van der Waals surface area (Å²) in [5.41, 5.74) is -0.678. The smallest absolute Gasteiger partial charge is 0.416 e. The Balaban J connectivity index is 1.35. The van der Waals surface area contributed by atoms with Crippen LogP contribution in [0.5, 0.6) is 0 Å². The van der Waals surface area contributed by atoms with Gasteiger partial charge in [-0.1, -0.05) is 0 Å². The number of amides is 2. The third kappa shape index (κ3) is 6.06. The quantitative estimate of drug-likeness (QED) is 0.617. The lowest BCUT2D eigenvalue weighted by Crippen LogP contribution is -2.37. The van der Waals surface area contributed by atoms with Crippen LogP contribution in [0.2, 0.25) is 0 Å². The summed E-state index contributed by atoms with van der Waals surface area (Å²) in [6, 6.07) is 3.84. The van der Waals surface area contributed by atoms with Crippen molar-refractivity contribution in [2.75, 3.05) is 31.1 Å². The second kappa shape index (κ2) is 9.59. The van der Waals surface area contributed by atoms with Crippen LogP contribution in [0.25, 0.3) is 0 Å². The largest absolute Gasteiger partial charge is 0.444 e. The van der Waals surface area contributed by atoms with Gasteiger partial charge in [-0.15, -0.1) is 0 Å². The lowest BCUT2D eigenvalue weighted by atomic mass is 10.0. The molecular formula is C25H28F4N4O3. The van der Waals surface area contributed by atoms with Gasteiger partial charge in [-0.05, 0) is 50.6 Å². The number of benzene rings is 1. The predicted molar refractivity (Wildman–Crippen MR) is 124 cm³/mol. The van der Waals surface area contributed by atoms with E-state index in [1.807, 2.05) is 20.8 Å². The summed E-state index contributed by atoms with van der Waals surface area (Å²) in [5, 5.41) is 2.53. The normalized spacial score (nSPS) is 19.9. The molecule has 0 radical (unpaired) electrons. The zero-order valence-electron chi connectivity index (χ0n) is 20.2. The topological polar surface area (TPSA) is 74.8 Å². The molecule has 36 heavy (non-hydrogen) atoms. The number of aromatic nitrogens is 1. The first-order valence-corrected chi connectivity index (χ1v) is 11.6. The Kier molecular flexibility index (Phi) is 6.85. The van der Waals surface area contributed by atoms with Crippen LogP contribution in [0, 0.1) is 17.7 Å². The molecule has 7 nitrogen and oxygen atoms in total. The molecule has 0 spiro atoms. The Morgan fingerprint density at radius 1 is 1.03 bits per heavy atom. The Morgan fingerprint density at radius 3 is 2.31 bits per heavy atom. The minimum Gasteiger partial charge on any atom is -0.444 e. The van der Waals surface area contributed by atoms with Crippen molar-refractivity contribution in [1.29, 1.82) is 0 Å². The molecule has 2 amide bonds. The van der Waals surface area contributed by atoms with E-state index >= 15 is 0 Å². The van der Waals surface area contributed by atoms with Crippen LogP contribution in [-0.2, 0) is 17.5 Å². The molecule has 2 aromatic rings. The number of likely N-dealkylation sites (tertiary alicyclic amines) is 1. The van der Waals surface area contributed by atoms with E-state index in [0.717, 1.165) is 17.8 Å². The van der Waals surface area contributed by atoms with Gasteiger partial charge in [-0.3, -0.25) is 9.78 Å². The van der Waals surface area contributed by atoms with Crippen molar-refractivity contribution < 1.29 is 31.9 Å². The van der Waals surface area contributed by atoms with Gasteiger partial charge in [-0.25, -0.2) is 9.18 Å². The van der Waals surface area contributed by atoms with Crippen molar-refractivity contribution in [3.05, 3.63) is 59.2 Å². The monoisotopic (exact) mass is 508 g/mol. The lowest BCUT2D eigenvalue weighted by Gasteiger charge is -2.26. The first-order valence-electron chi connectivity index (χ1n) is 11.6. The molecule has 1 aromatic heterocycles. The van der Waals surface area contributed by atoms with E-state index in [1.165, 1.54) is 6.20 Å². The molecule has 2 saturated heterocycles. The van der Waals surface area contributed by atoms with Crippen molar-refractivity contribution >= 4 is 17.7 Å². The van der Waals surface area contributed by atoms with E-state index in [2.05, 4.69) is 15.2 Å². The maximum Gasteiger partial charge on any atom is 0.416 e. The van der Waals surface area contributed by atoms with Gasteiger partial charge in [0.05, 0.1) is 23.0 Å². The second-order valence-electron chi connectivity index (χ2n) is 10.3. The van der Waals surface area contributed by atoms with Crippen LogP contribution in [0.3, 0.4) is 0 Å². The number of carbonyl (C=O) groups is 2. The SMILES string of the molecule is CC(C)(C)OC(=O)N1CC2CN(c3cncc(C(=O)NCc4cc(F)cc(C(F)(F)F)c4)c3)CC2C1. The standard InChI is InChI=1S/C25H28F4N4O3/c1-24(2,3)36-23(35)33-13-17-11-32(12-18(17)14-33)21-6-16(9-30-10-21)22(34)31-8-15-4-19(25(27,28)29)7-20(26)5-15/h4-7,9-10,17-18H,8,11-14H2,1-3H3,(H,31,34). The third-order valence-corrected chi connectivity index (χ3v) is 6.23. The molecule has 1 aromatic carbocycles. The van der Waals surface area contributed by atoms with E-state index in [9.17, 15) is 27.2 Å². The summed E-state index contributed by atoms with van der Waals surface area (Å²) in [6.45, 7) is 7.81. The zero-order chi connectivity index (χ0) is 26.3. The van der Waals surface area contributed by atoms with E-state index in [0.29, 0.717) is 32.2 Å². The summed E-state index contributed by atoms with van der Waals surface area (Å²) < 4.78 is 57.8. The average molecular weight is 509 g/mol. The second-order valence-corrected chi connectivity index (χ2v) is 10.3. The predicted octanol–water partition coefficient (Wildman–Crippen LogP) is 4.47. The number of hydrogen-bond acceptors (Lipinski definition) is 5. The van der Waals surface area contributed by atoms with Crippen LogP contribution in [0.1, 0.15) is 42.3 Å². The molecule has 11 heteroatoms. The molecule has 1 N–H and O–H groups in total. The number of alkyl halides is 3. The Bertz CT molecular complexity index is 1130. The van der Waals surface area contributed by atoms with Gasteiger partial charge >= 0.3 is 12.3 Å². The van der Waals surface area contributed by atoms with Gasteiger partial charge in [0.25, 0.3) is 5.91 Å². The first kappa shape index (κ1) is 25.7. The number of nitrogens with one attached hydrogen (secondary N) is 1. The number of ether oxygens (including phenoxy) is 1. The summed E-state index contributed by atoms with van der Waals surface area (Å²) >= 11 is 0. The van der Waals surface area contributed by atoms with Crippen LogP contribution in [0.15, 0.2) is 36.7 Å². The molecule has 194 valence electrons. The lowest BCUT2D eigenvalue weighted by molar-refractivity contribution is -0.137. The summed E-state index contributed by atoms with van der Waals surface area (Å²) in [5.74, 6) is -1.02. The molecule has 0 aliphatic carbocycles. The first-order chi connectivity index (χ1) is 16.8. The number of rotatable bonds is 4. The van der Waals surface area contributed by atoms with Crippen LogP contribution in [0.4, 0.5) is 28.0 Å². The number of anilines is 1. The third-order valence-electron chi connectivity index (χ3n) is 6.23. The van der Waals surface area contributed by atoms with Crippen LogP contribution < -0.4 is 10.2 Å². The molecule has 3 heterocycles. The van der Waals surface area contributed by atoms with Crippen molar-refractivity contribution in [1.82, 2.24) is 15.2 Å². The van der Waals surface area contributed by atoms with Gasteiger partial charge < -0.3 is 19.9 Å². The Labute approximate surface area is 206 Å². The van der Waals surface area contributed by atoms with E-state index < -0.39 is 29.1 Å². The molecular weight excluding hydrogens is 480 g/mol. The van der Waals surface area contributed by atoms with Gasteiger partial charge in [0.2, 0.25) is 0 Å². The van der Waals surface area contributed by atoms with Gasteiger partial charge in [0, 0.05) is 50.8 Å². The molecule has 2 aliphatic heterocycles. The van der Waals surface area contributed by atoms with Crippen LogP contribution in [-0.4, -0.2) is 53.7 Å². The Hall–Kier alpha value is -3.37. The highest BCUT2D eigenvalue weighted by molar-refractivity contribution is 5.94. The molecule has 4 rings (SSSR count). The van der Waals surface area contributed by atoms with Gasteiger partial charge in [-0.2, -0.15) is 13.2 Å². The van der Waals surface area contributed by atoms with Crippen molar-refractivity contribution in [2.45, 2.75) is 39.1 Å². The fraction of sp³-hybridized carbons (Fsp3) is 0.480. The van der Waals surface area contributed by atoms with E-state index in [4.69, 9.17) is 4.74 Å². The summed E-state index contributed by atoms with van der Waals surface area (Å²) in [7, 11) is 0. The minimum absolute atomic E-state index is 0.00157. The maximum absolute atomic E-state index is 13.6. The molecule has 2 fully saturated rings. The van der Waals surface area contributed by atoms with Crippen molar-refractivity contribution in [3.8, 4) is 0 Å². The summed E-state index contributed by atoms with van der Waals surface area (Å²) in [4.78, 5) is 33.0. The highest BCUT2D eigenvalue weighted by Crippen LogP contribution is 2.35. The Morgan fingerprint density at radius 2 is 1.69 bits per heavy atom.